The van der Waals surface area contributed by atoms with Crippen molar-refractivity contribution in [2.75, 3.05) is 49.5 Å². The molecule has 1 unspecified atom stereocenters. The number of anilines is 2. The minimum Gasteiger partial charge on any atom is -0.465 e. The highest BCUT2D eigenvalue weighted by Crippen LogP contribution is 2.48. The zero-order chi connectivity index (χ0) is 26.5. The highest BCUT2D eigenvalue weighted by Gasteiger charge is 2.51. The quantitative estimate of drug-likeness (QED) is 0.523. The summed E-state index contributed by atoms with van der Waals surface area (Å²) in [5, 5.41) is 14.6. The lowest BCUT2D eigenvalue weighted by atomic mass is 9.81. The van der Waals surface area contributed by atoms with E-state index in [9.17, 15) is 27.6 Å². The number of benzene rings is 1. The number of fused-ring (bicyclic) bond motifs is 2. The third-order valence-electron chi connectivity index (χ3n) is 6.99. The van der Waals surface area contributed by atoms with Crippen LogP contribution in [0.15, 0.2) is 24.4 Å². The maximum Gasteiger partial charge on any atom is 0.416 e. The Labute approximate surface area is 218 Å². The van der Waals surface area contributed by atoms with Crippen LogP contribution in [0.1, 0.15) is 17.5 Å². The number of aromatic nitrogens is 1. The molecule has 1 aromatic heterocycles. The fourth-order valence-corrected chi connectivity index (χ4v) is 5.89. The molecule has 0 bridgehead atoms. The van der Waals surface area contributed by atoms with Gasteiger partial charge in [-0.3, -0.25) is 10.2 Å². The largest absolute Gasteiger partial charge is 0.465 e. The van der Waals surface area contributed by atoms with Gasteiger partial charge < -0.3 is 20.2 Å². The summed E-state index contributed by atoms with van der Waals surface area (Å²) in [6.07, 6.45) is -3.81. The van der Waals surface area contributed by atoms with E-state index in [1.807, 2.05) is 0 Å². The number of carbonyl (C=O) groups excluding carboxylic acids is 2. The smallest absolute Gasteiger partial charge is 0.416 e. The van der Waals surface area contributed by atoms with Gasteiger partial charge in [0.2, 0.25) is 0 Å². The Kier molecular flexibility index (Phi) is 6.34. The van der Waals surface area contributed by atoms with E-state index < -0.39 is 29.3 Å². The number of carboxylic acid groups (broad SMARTS) is 1. The molecule has 3 N–H and O–H groups in total. The molecule has 3 aliphatic heterocycles. The SMILES string of the molecule is O=C(O)N1CC(CNC(=O)N2CCC3(C2)CN(C(=O)Nc2ncc(Cl)s2)c2ccc(C(F)(F)F)cc23)C1. The third kappa shape index (κ3) is 4.87. The standard InChI is InChI=1S/C22H22ClF3N6O4S/c23-16-7-27-17(37-16)29-19(34)32-11-21(14-5-13(22(24,25)26)1-2-15(14)32)3-4-30(10-21)18(33)28-6-12-8-31(9-12)20(35)36/h1-2,5,7,12H,3-4,6,8-11H2,(H,28,33)(H,35,36)(H,27,29,34). The number of rotatable bonds is 3. The van der Waals surface area contributed by atoms with Crippen molar-refractivity contribution < 1.29 is 32.7 Å². The van der Waals surface area contributed by atoms with Crippen molar-refractivity contribution in [2.24, 2.45) is 5.92 Å². The van der Waals surface area contributed by atoms with Gasteiger partial charge in [-0.05, 0) is 30.2 Å². The fourth-order valence-electron chi connectivity index (χ4n) is 5.09. The number of likely N-dealkylation sites (tertiary alicyclic amines) is 2. The van der Waals surface area contributed by atoms with Crippen molar-refractivity contribution in [1.29, 1.82) is 0 Å². The van der Waals surface area contributed by atoms with Crippen LogP contribution in [0, 0.1) is 5.92 Å². The number of urea groups is 2. The molecule has 2 fully saturated rings. The van der Waals surface area contributed by atoms with Crippen LogP contribution in [-0.2, 0) is 11.6 Å². The molecule has 2 aromatic rings. The monoisotopic (exact) mass is 558 g/mol. The predicted octanol–water partition coefficient (Wildman–Crippen LogP) is 4.13. The van der Waals surface area contributed by atoms with Crippen LogP contribution in [0.3, 0.4) is 0 Å². The lowest BCUT2D eigenvalue weighted by molar-refractivity contribution is -0.137. The summed E-state index contributed by atoms with van der Waals surface area (Å²) in [4.78, 5) is 45.0. The van der Waals surface area contributed by atoms with Gasteiger partial charge in [-0.1, -0.05) is 22.9 Å². The van der Waals surface area contributed by atoms with Crippen molar-refractivity contribution in [3.8, 4) is 0 Å². The first-order valence-corrected chi connectivity index (χ1v) is 12.6. The molecule has 5 rings (SSSR count). The van der Waals surface area contributed by atoms with E-state index in [0.29, 0.717) is 48.2 Å². The van der Waals surface area contributed by atoms with Crippen molar-refractivity contribution in [1.82, 2.24) is 20.1 Å². The van der Waals surface area contributed by atoms with E-state index in [-0.39, 0.29) is 30.2 Å². The predicted molar refractivity (Wildman–Crippen MR) is 129 cm³/mol. The van der Waals surface area contributed by atoms with Crippen LogP contribution >= 0.6 is 22.9 Å². The molecule has 0 aliphatic carbocycles. The van der Waals surface area contributed by atoms with E-state index in [2.05, 4.69) is 15.6 Å². The van der Waals surface area contributed by atoms with Gasteiger partial charge in [0, 0.05) is 56.3 Å². The first-order chi connectivity index (χ1) is 17.4. The van der Waals surface area contributed by atoms with Gasteiger partial charge in [0.15, 0.2) is 5.13 Å². The molecule has 10 nitrogen and oxygen atoms in total. The second-order valence-electron chi connectivity index (χ2n) is 9.41. The fraction of sp³-hybridized carbons (Fsp3) is 0.455. The molecular weight excluding hydrogens is 537 g/mol. The summed E-state index contributed by atoms with van der Waals surface area (Å²) in [6, 6.07) is 2.37. The van der Waals surface area contributed by atoms with Gasteiger partial charge >= 0.3 is 24.3 Å². The molecule has 198 valence electrons. The Hall–Kier alpha value is -3.26. The summed E-state index contributed by atoms with van der Waals surface area (Å²) in [5.41, 5.74) is -0.988. The molecule has 1 spiro atoms. The molecule has 3 aliphatic rings. The van der Waals surface area contributed by atoms with E-state index in [1.165, 1.54) is 27.0 Å². The van der Waals surface area contributed by atoms with E-state index in [1.54, 1.807) is 0 Å². The zero-order valence-electron chi connectivity index (χ0n) is 19.2. The number of halogens is 4. The average molecular weight is 559 g/mol. The number of nitrogens with one attached hydrogen (secondary N) is 2. The number of thiazole rings is 1. The highest BCUT2D eigenvalue weighted by molar-refractivity contribution is 7.19. The van der Waals surface area contributed by atoms with Crippen LogP contribution < -0.4 is 15.5 Å². The van der Waals surface area contributed by atoms with Crippen LogP contribution in [0.25, 0.3) is 0 Å². The average Bonchev–Trinajstić information content (AvgIpc) is 3.50. The van der Waals surface area contributed by atoms with Crippen molar-refractivity contribution in [2.45, 2.75) is 18.0 Å². The summed E-state index contributed by atoms with van der Waals surface area (Å²) < 4.78 is 41.0. The van der Waals surface area contributed by atoms with E-state index in [4.69, 9.17) is 16.7 Å². The lowest BCUT2D eigenvalue weighted by Gasteiger charge is -2.37. The molecular formula is C22H22ClF3N6O4S. The summed E-state index contributed by atoms with van der Waals surface area (Å²) in [6.45, 7) is 1.49. The molecule has 2 saturated heterocycles. The number of alkyl halides is 3. The first kappa shape index (κ1) is 25.4. The van der Waals surface area contributed by atoms with Gasteiger partial charge in [0.1, 0.15) is 4.34 Å². The maximum absolute atomic E-state index is 13.5. The maximum atomic E-state index is 13.5. The first-order valence-electron chi connectivity index (χ1n) is 11.4. The van der Waals surface area contributed by atoms with Crippen LogP contribution in [0.4, 0.5) is 38.4 Å². The van der Waals surface area contributed by atoms with Crippen molar-refractivity contribution in [3.63, 3.8) is 0 Å². The van der Waals surface area contributed by atoms with Crippen LogP contribution in [-0.4, -0.2) is 77.3 Å². The lowest BCUT2D eigenvalue weighted by Crippen LogP contribution is -2.54. The Balaban J connectivity index is 1.33. The molecule has 1 aromatic carbocycles. The van der Waals surface area contributed by atoms with Crippen LogP contribution in [0.2, 0.25) is 4.34 Å². The normalized spacial score (nSPS) is 21.2. The number of hydrogen-bond donors (Lipinski definition) is 3. The summed E-state index contributed by atoms with van der Waals surface area (Å²) in [5.74, 6) is 0.0108. The van der Waals surface area contributed by atoms with Gasteiger partial charge in [-0.25, -0.2) is 19.4 Å². The molecule has 5 amide bonds. The minimum absolute atomic E-state index is 0.0108. The van der Waals surface area contributed by atoms with Gasteiger partial charge in [0.05, 0.1) is 11.8 Å². The minimum atomic E-state index is -4.56. The molecule has 1 atom stereocenters. The Morgan fingerprint density at radius 1 is 1.19 bits per heavy atom. The molecule has 4 heterocycles. The topological polar surface area (TPSA) is 118 Å². The van der Waals surface area contributed by atoms with Gasteiger partial charge in [-0.2, -0.15) is 13.2 Å². The third-order valence-corrected chi connectivity index (χ3v) is 8.02. The molecule has 0 saturated carbocycles. The van der Waals surface area contributed by atoms with E-state index in [0.717, 1.165) is 23.5 Å². The molecule has 15 heteroatoms. The number of amides is 5. The highest BCUT2D eigenvalue weighted by atomic mass is 35.5. The van der Waals surface area contributed by atoms with E-state index >= 15 is 0 Å². The van der Waals surface area contributed by atoms with Crippen molar-refractivity contribution in [3.05, 3.63) is 39.9 Å². The number of carbonyl (C=O) groups is 3. The van der Waals surface area contributed by atoms with Gasteiger partial charge in [-0.15, -0.1) is 0 Å². The number of hydrogen-bond acceptors (Lipinski definition) is 5. The Bertz CT molecular complexity index is 1250. The number of nitrogens with zero attached hydrogens (tertiary/aromatic N) is 4. The Morgan fingerprint density at radius 3 is 2.59 bits per heavy atom. The summed E-state index contributed by atoms with van der Waals surface area (Å²) in [7, 11) is 0. The van der Waals surface area contributed by atoms with Crippen molar-refractivity contribution >= 4 is 51.9 Å². The van der Waals surface area contributed by atoms with Crippen LogP contribution in [0.5, 0.6) is 0 Å². The molecule has 0 radical (unpaired) electrons. The zero-order valence-corrected chi connectivity index (χ0v) is 20.8. The van der Waals surface area contributed by atoms with Gasteiger partial charge in [0.25, 0.3) is 0 Å². The Morgan fingerprint density at radius 2 is 1.95 bits per heavy atom. The molecule has 37 heavy (non-hydrogen) atoms. The second-order valence-corrected chi connectivity index (χ2v) is 11.1. The second kappa shape index (κ2) is 9.24. The summed E-state index contributed by atoms with van der Waals surface area (Å²) >= 11 is 6.94.